The third kappa shape index (κ3) is 3.84. The van der Waals surface area contributed by atoms with E-state index in [9.17, 15) is 9.59 Å². The molecule has 6 nitrogen and oxygen atoms in total. The molecule has 2 amide bonds. The van der Waals surface area contributed by atoms with Crippen molar-refractivity contribution in [3.05, 3.63) is 40.4 Å². The van der Waals surface area contributed by atoms with E-state index in [1.807, 2.05) is 39.0 Å². The highest BCUT2D eigenvalue weighted by molar-refractivity contribution is 5.77. The number of nitrogens with zero attached hydrogens (tertiary/aromatic N) is 2. The number of carbonyl (C=O) groups is 1. The highest BCUT2D eigenvalue weighted by Gasteiger charge is 2.13. The van der Waals surface area contributed by atoms with Gasteiger partial charge in [0.25, 0.3) is 5.56 Å². The van der Waals surface area contributed by atoms with E-state index in [0.29, 0.717) is 29.7 Å². The van der Waals surface area contributed by atoms with Gasteiger partial charge in [-0.2, -0.15) is 0 Å². The van der Waals surface area contributed by atoms with Crippen LogP contribution in [-0.2, 0) is 13.5 Å². The van der Waals surface area contributed by atoms with Gasteiger partial charge >= 0.3 is 6.03 Å². The van der Waals surface area contributed by atoms with E-state index in [1.54, 1.807) is 13.1 Å². The number of hydrogen-bond acceptors (Lipinski definition) is 3. The zero-order chi connectivity index (χ0) is 16.3. The van der Waals surface area contributed by atoms with Gasteiger partial charge in [-0.1, -0.05) is 12.1 Å². The fraction of sp³-hybridized carbons (Fsp3) is 0.438. The number of urea groups is 1. The topological polar surface area (TPSA) is 76.0 Å². The maximum Gasteiger partial charge on any atom is 0.315 e. The molecular formula is C16H22N4O2. The highest BCUT2D eigenvalue weighted by Crippen LogP contribution is 2.07. The molecule has 0 saturated heterocycles. The number of amides is 2. The summed E-state index contributed by atoms with van der Waals surface area (Å²) in [4.78, 5) is 28.5. The molecule has 2 aromatic rings. The maximum atomic E-state index is 12.3. The molecule has 0 fully saturated rings. The molecule has 1 aromatic heterocycles. The Morgan fingerprint density at radius 1 is 1.27 bits per heavy atom. The molecule has 6 heteroatoms. The minimum atomic E-state index is -0.280. The average Bonchev–Trinajstić information content (AvgIpc) is 2.42. The van der Waals surface area contributed by atoms with Crippen molar-refractivity contribution >= 4 is 16.9 Å². The Morgan fingerprint density at radius 3 is 2.64 bits per heavy atom. The summed E-state index contributed by atoms with van der Waals surface area (Å²) in [5, 5.41) is 6.20. The fourth-order valence-electron chi connectivity index (χ4n) is 2.16. The van der Waals surface area contributed by atoms with Crippen LogP contribution in [0.1, 0.15) is 26.6 Å². The van der Waals surface area contributed by atoms with Gasteiger partial charge in [0.2, 0.25) is 0 Å². The van der Waals surface area contributed by atoms with Gasteiger partial charge in [-0.3, -0.25) is 9.36 Å². The van der Waals surface area contributed by atoms with E-state index in [2.05, 4.69) is 15.6 Å². The largest absolute Gasteiger partial charge is 0.338 e. The summed E-state index contributed by atoms with van der Waals surface area (Å²) < 4.78 is 1.53. The SMILES string of the molecule is Cn1c(CCNC(=O)NC(C)(C)C)nc2ccccc2c1=O. The van der Waals surface area contributed by atoms with Crippen LogP contribution in [0.3, 0.4) is 0 Å². The predicted molar refractivity (Wildman–Crippen MR) is 87.0 cm³/mol. The zero-order valence-electron chi connectivity index (χ0n) is 13.4. The Labute approximate surface area is 129 Å². The summed E-state index contributed by atoms with van der Waals surface area (Å²) in [6, 6.07) is 7.04. The van der Waals surface area contributed by atoms with E-state index in [4.69, 9.17) is 0 Å². The van der Waals surface area contributed by atoms with E-state index in [-0.39, 0.29) is 17.1 Å². The van der Waals surface area contributed by atoms with Gasteiger partial charge in [-0.25, -0.2) is 9.78 Å². The van der Waals surface area contributed by atoms with Crippen LogP contribution in [0.4, 0.5) is 4.79 Å². The Morgan fingerprint density at radius 2 is 1.95 bits per heavy atom. The van der Waals surface area contributed by atoms with Crippen LogP contribution in [0.15, 0.2) is 29.1 Å². The molecule has 0 bridgehead atoms. The van der Waals surface area contributed by atoms with E-state index >= 15 is 0 Å². The van der Waals surface area contributed by atoms with Crippen molar-refractivity contribution in [1.29, 1.82) is 0 Å². The van der Waals surface area contributed by atoms with Crippen LogP contribution in [0.2, 0.25) is 0 Å². The Hall–Kier alpha value is -2.37. The van der Waals surface area contributed by atoms with Crippen LogP contribution >= 0.6 is 0 Å². The standard InChI is InChI=1S/C16H22N4O2/c1-16(2,3)19-15(22)17-10-9-13-18-12-8-6-5-7-11(12)14(21)20(13)4/h5-8H,9-10H2,1-4H3,(H2,17,19,22). The number of para-hydroxylation sites is 1. The number of carbonyl (C=O) groups excluding carboxylic acids is 1. The minimum absolute atomic E-state index is 0.0697. The summed E-state index contributed by atoms with van der Waals surface area (Å²) in [6.07, 6.45) is 0.494. The lowest BCUT2D eigenvalue weighted by Gasteiger charge is -2.20. The second-order valence-corrected chi connectivity index (χ2v) is 6.29. The van der Waals surface area contributed by atoms with Crippen LogP contribution < -0.4 is 16.2 Å². The average molecular weight is 302 g/mol. The number of nitrogens with one attached hydrogen (secondary N) is 2. The van der Waals surface area contributed by atoms with E-state index < -0.39 is 0 Å². The predicted octanol–water partition coefficient (Wildman–Crippen LogP) is 1.57. The lowest BCUT2D eigenvalue weighted by atomic mass is 10.1. The van der Waals surface area contributed by atoms with Gasteiger partial charge < -0.3 is 10.6 Å². The third-order valence-electron chi connectivity index (χ3n) is 3.20. The van der Waals surface area contributed by atoms with E-state index in [0.717, 1.165) is 0 Å². The summed E-state index contributed by atoms with van der Waals surface area (Å²) in [7, 11) is 1.70. The molecule has 2 rings (SSSR count). The van der Waals surface area contributed by atoms with Crippen molar-refractivity contribution in [2.75, 3.05) is 6.54 Å². The van der Waals surface area contributed by atoms with Crippen LogP contribution in [0.5, 0.6) is 0 Å². The van der Waals surface area contributed by atoms with Crippen molar-refractivity contribution in [2.24, 2.45) is 7.05 Å². The first-order valence-corrected chi connectivity index (χ1v) is 7.28. The molecule has 0 atom stereocenters. The fourth-order valence-corrected chi connectivity index (χ4v) is 2.16. The summed E-state index contributed by atoms with van der Waals surface area (Å²) >= 11 is 0. The van der Waals surface area contributed by atoms with Crippen molar-refractivity contribution < 1.29 is 4.79 Å². The first-order valence-electron chi connectivity index (χ1n) is 7.28. The summed E-state index contributed by atoms with van der Waals surface area (Å²) in [5.41, 5.74) is 0.331. The lowest BCUT2D eigenvalue weighted by molar-refractivity contribution is 0.232. The smallest absolute Gasteiger partial charge is 0.315 e. The summed E-state index contributed by atoms with van der Waals surface area (Å²) in [5.74, 6) is 0.653. The molecule has 0 saturated carbocycles. The second-order valence-electron chi connectivity index (χ2n) is 6.29. The van der Waals surface area contributed by atoms with Crippen LogP contribution in [0.25, 0.3) is 10.9 Å². The minimum Gasteiger partial charge on any atom is -0.338 e. The molecule has 1 heterocycles. The highest BCUT2D eigenvalue weighted by atomic mass is 16.2. The molecule has 0 unspecified atom stereocenters. The van der Waals surface area contributed by atoms with Crippen LogP contribution in [-0.4, -0.2) is 27.7 Å². The first-order chi connectivity index (χ1) is 10.3. The first kappa shape index (κ1) is 16.0. The van der Waals surface area contributed by atoms with Crippen molar-refractivity contribution in [2.45, 2.75) is 32.7 Å². The van der Waals surface area contributed by atoms with Gasteiger partial charge in [0, 0.05) is 25.6 Å². The molecule has 2 N–H and O–H groups in total. The Balaban J connectivity index is 2.08. The van der Waals surface area contributed by atoms with Gasteiger partial charge in [-0.05, 0) is 32.9 Å². The quantitative estimate of drug-likeness (QED) is 0.903. The molecule has 0 radical (unpaired) electrons. The molecule has 1 aromatic carbocycles. The van der Waals surface area contributed by atoms with Crippen LogP contribution in [0, 0.1) is 0 Å². The molecule has 0 spiro atoms. The van der Waals surface area contributed by atoms with Gasteiger partial charge in [0.15, 0.2) is 0 Å². The molecule has 22 heavy (non-hydrogen) atoms. The molecule has 0 aliphatic carbocycles. The number of fused-ring (bicyclic) bond motifs is 1. The van der Waals surface area contributed by atoms with Crippen molar-refractivity contribution in [1.82, 2.24) is 20.2 Å². The summed E-state index contributed by atoms with van der Waals surface area (Å²) in [6.45, 7) is 6.17. The molecule has 0 aliphatic rings. The third-order valence-corrected chi connectivity index (χ3v) is 3.20. The molecule has 118 valence electrons. The molecule has 0 aliphatic heterocycles. The normalized spacial score (nSPS) is 11.5. The monoisotopic (exact) mass is 302 g/mol. The van der Waals surface area contributed by atoms with Crippen molar-refractivity contribution in [3.63, 3.8) is 0 Å². The molecular weight excluding hydrogens is 280 g/mol. The number of benzene rings is 1. The Bertz CT molecular complexity index is 744. The zero-order valence-corrected chi connectivity index (χ0v) is 13.4. The number of aromatic nitrogens is 2. The maximum absolute atomic E-state index is 12.3. The van der Waals surface area contributed by atoms with Gasteiger partial charge in [0.05, 0.1) is 10.9 Å². The second kappa shape index (κ2) is 6.17. The van der Waals surface area contributed by atoms with Gasteiger partial charge in [-0.15, -0.1) is 0 Å². The number of rotatable bonds is 3. The Kier molecular flexibility index (Phi) is 4.49. The van der Waals surface area contributed by atoms with E-state index in [1.165, 1.54) is 4.57 Å². The lowest BCUT2D eigenvalue weighted by Crippen LogP contribution is -2.47. The number of hydrogen-bond donors (Lipinski definition) is 2. The van der Waals surface area contributed by atoms with Gasteiger partial charge in [0.1, 0.15) is 5.82 Å². The van der Waals surface area contributed by atoms with Crippen molar-refractivity contribution in [3.8, 4) is 0 Å².